The zero-order chi connectivity index (χ0) is 15.8. The van der Waals surface area contributed by atoms with E-state index in [0.29, 0.717) is 16.1 Å². The second-order valence-corrected chi connectivity index (χ2v) is 8.24. The summed E-state index contributed by atoms with van der Waals surface area (Å²) < 4.78 is 28.6. The molecule has 1 aromatic carbocycles. The number of thiophene rings is 1. The molecular weight excluding hydrogens is 374 g/mol. The predicted molar refractivity (Wildman–Crippen MR) is 89.4 cm³/mol. The van der Waals surface area contributed by atoms with Crippen molar-refractivity contribution in [3.05, 3.63) is 43.6 Å². The Morgan fingerprint density at radius 3 is 2.29 bits per heavy atom. The molecule has 1 aromatic heterocycles. The number of aliphatic hydroxyl groups is 1. The summed E-state index contributed by atoms with van der Waals surface area (Å²) in [6.45, 7) is 5.25. The minimum Gasteiger partial charge on any atom is -0.391 e. The molecule has 21 heavy (non-hydrogen) atoms. The third-order valence-electron chi connectivity index (χ3n) is 3.09. The van der Waals surface area contributed by atoms with Gasteiger partial charge in [0.05, 0.1) is 11.5 Å². The molecule has 0 fully saturated rings. The topological polar surface area (TPSA) is 66.4 Å². The van der Waals surface area contributed by atoms with Crippen molar-refractivity contribution in [2.24, 2.45) is 0 Å². The maximum atomic E-state index is 12.5. The zero-order valence-electron chi connectivity index (χ0n) is 11.9. The summed E-state index contributed by atoms with van der Waals surface area (Å²) in [5.74, 6) is 0. The Morgan fingerprint density at radius 2 is 1.76 bits per heavy atom. The summed E-state index contributed by atoms with van der Waals surface area (Å²) in [5, 5.41) is 11.0. The molecule has 0 aliphatic carbocycles. The SMILES string of the molecule is Cc1cc(NS(=O)(=O)c2c(C)csc2CO)cc(C)c1Br. The van der Waals surface area contributed by atoms with E-state index in [0.717, 1.165) is 15.6 Å². The van der Waals surface area contributed by atoms with Crippen LogP contribution >= 0.6 is 27.3 Å². The van der Waals surface area contributed by atoms with E-state index in [1.54, 1.807) is 24.4 Å². The van der Waals surface area contributed by atoms with Crippen LogP contribution in [0.25, 0.3) is 0 Å². The third-order valence-corrected chi connectivity index (χ3v) is 7.17. The van der Waals surface area contributed by atoms with Crippen LogP contribution in [0, 0.1) is 20.8 Å². The van der Waals surface area contributed by atoms with E-state index in [9.17, 15) is 13.5 Å². The number of halogens is 1. The van der Waals surface area contributed by atoms with Gasteiger partial charge < -0.3 is 5.11 Å². The van der Waals surface area contributed by atoms with Crippen molar-refractivity contribution < 1.29 is 13.5 Å². The highest BCUT2D eigenvalue weighted by atomic mass is 79.9. The average molecular weight is 390 g/mol. The molecule has 114 valence electrons. The lowest BCUT2D eigenvalue weighted by molar-refractivity contribution is 0.282. The van der Waals surface area contributed by atoms with E-state index >= 15 is 0 Å². The van der Waals surface area contributed by atoms with E-state index in [4.69, 9.17) is 0 Å². The van der Waals surface area contributed by atoms with Gasteiger partial charge in [-0.15, -0.1) is 11.3 Å². The lowest BCUT2D eigenvalue weighted by Gasteiger charge is -2.12. The molecular formula is C14H16BrNO3S2. The molecule has 0 atom stereocenters. The lowest BCUT2D eigenvalue weighted by atomic mass is 10.1. The second kappa shape index (κ2) is 6.08. The minimum absolute atomic E-state index is 0.174. The molecule has 0 radical (unpaired) electrons. The van der Waals surface area contributed by atoms with Crippen LogP contribution in [-0.2, 0) is 16.6 Å². The maximum absolute atomic E-state index is 12.5. The van der Waals surface area contributed by atoms with Crippen LogP contribution in [0.15, 0.2) is 26.9 Å². The van der Waals surface area contributed by atoms with Gasteiger partial charge in [-0.3, -0.25) is 4.72 Å². The van der Waals surface area contributed by atoms with Gasteiger partial charge >= 0.3 is 0 Å². The Kier molecular flexibility index (Phi) is 4.77. The van der Waals surface area contributed by atoms with Crippen LogP contribution in [0.1, 0.15) is 21.6 Å². The number of aliphatic hydroxyl groups excluding tert-OH is 1. The summed E-state index contributed by atoms with van der Waals surface area (Å²) in [6.07, 6.45) is 0. The molecule has 2 N–H and O–H groups in total. The number of aryl methyl sites for hydroxylation is 3. The Hall–Kier alpha value is -0.890. The van der Waals surface area contributed by atoms with Crippen molar-refractivity contribution in [1.82, 2.24) is 0 Å². The number of benzene rings is 1. The van der Waals surface area contributed by atoms with E-state index in [1.807, 2.05) is 13.8 Å². The highest BCUT2D eigenvalue weighted by Crippen LogP contribution is 2.30. The Balaban J connectivity index is 2.45. The van der Waals surface area contributed by atoms with Crippen molar-refractivity contribution in [1.29, 1.82) is 0 Å². The van der Waals surface area contributed by atoms with E-state index in [2.05, 4.69) is 20.7 Å². The minimum atomic E-state index is -3.70. The summed E-state index contributed by atoms with van der Waals surface area (Å²) in [6, 6.07) is 3.55. The third kappa shape index (κ3) is 3.31. The standard InChI is InChI=1S/C14H16BrNO3S2/c1-8-4-11(5-9(2)13(8)15)16-21(18,19)14-10(3)7-20-12(14)6-17/h4-5,7,16-17H,6H2,1-3H3. The first kappa shape index (κ1) is 16.5. The van der Waals surface area contributed by atoms with Crippen molar-refractivity contribution >= 4 is 43.0 Å². The summed E-state index contributed by atoms with van der Waals surface area (Å²) >= 11 is 4.70. The van der Waals surface area contributed by atoms with Gasteiger partial charge in [0.15, 0.2) is 0 Å². The highest BCUT2D eigenvalue weighted by Gasteiger charge is 2.23. The number of hydrogen-bond donors (Lipinski definition) is 2. The molecule has 7 heteroatoms. The van der Waals surface area contributed by atoms with Gasteiger partial charge in [-0.1, -0.05) is 15.9 Å². The first-order valence-corrected chi connectivity index (χ1v) is 9.39. The van der Waals surface area contributed by atoms with Crippen LogP contribution in [0.5, 0.6) is 0 Å². The fourth-order valence-electron chi connectivity index (χ4n) is 2.17. The highest BCUT2D eigenvalue weighted by molar-refractivity contribution is 9.10. The van der Waals surface area contributed by atoms with Crippen LogP contribution in [0.4, 0.5) is 5.69 Å². The summed E-state index contributed by atoms with van der Waals surface area (Å²) in [5.41, 5.74) is 3.07. The Labute approximate surface area is 137 Å². The molecule has 0 spiro atoms. The summed E-state index contributed by atoms with van der Waals surface area (Å²) in [7, 11) is -3.70. The van der Waals surface area contributed by atoms with Gasteiger partial charge in [0.1, 0.15) is 4.90 Å². The van der Waals surface area contributed by atoms with Gasteiger partial charge in [-0.05, 0) is 55.0 Å². The molecule has 0 aliphatic heterocycles. The fraction of sp³-hybridized carbons (Fsp3) is 0.286. The quantitative estimate of drug-likeness (QED) is 0.836. The molecule has 0 aliphatic rings. The Bertz CT molecular complexity index is 759. The number of sulfonamides is 1. The van der Waals surface area contributed by atoms with Gasteiger partial charge in [-0.2, -0.15) is 0 Å². The Morgan fingerprint density at radius 1 is 1.19 bits per heavy atom. The van der Waals surface area contributed by atoms with Gasteiger partial charge in [0.25, 0.3) is 10.0 Å². The van der Waals surface area contributed by atoms with Crippen LogP contribution < -0.4 is 4.72 Å². The van der Waals surface area contributed by atoms with Crippen molar-refractivity contribution in [3.63, 3.8) is 0 Å². The molecule has 1 heterocycles. The van der Waals surface area contributed by atoms with Crippen LogP contribution in [0.2, 0.25) is 0 Å². The number of hydrogen-bond acceptors (Lipinski definition) is 4. The van der Waals surface area contributed by atoms with Crippen molar-refractivity contribution in [3.8, 4) is 0 Å². The number of nitrogens with one attached hydrogen (secondary N) is 1. The van der Waals surface area contributed by atoms with E-state index < -0.39 is 10.0 Å². The molecule has 0 saturated heterocycles. The van der Waals surface area contributed by atoms with Gasteiger partial charge in [0, 0.05) is 10.2 Å². The van der Waals surface area contributed by atoms with Gasteiger partial charge in [-0.25, -0.2) is 8.42 Å². The van der Waals surface area contributed by atoms with E-state index in [1.165, 1.54) is 11.3 Å². The number of rotatable bonds is 4. The normalized spacial score (nSPS) is 11.7. The smallest absolute Gasteiger partial charge is 0.263 e. The molecule has 0 amide bonds. The molecule has 0 bridgehead atoms. The molecule has 2 aromatic rings. The van der Waals surface area contributed by atoms with Crippen molar-refractivity contribution in [2.75, 3.05) is 4.72 Å². The van der Waals surface area contributed by atoms with Crippen LogP contribution in [-0.4, -0.2) is 13.5 Å². The first-order valence-electron chi connectivity index (χ1n) is 6.23. The maximum Gasteiger partial charge on any atom is 0.263 e. The first-order chi connectivity index (χ1) is 9.76. The average Bonchev–Trinajstić information content (AvgIpc) is 2.77. The molecule has 0 unspecified atom stereocenters. The van der Waals surface area contributed by atoms with E-state index in [-0.39, 0.29) is 11.5 Å². The van der Waals surface area contributed by atoms with Crippen LogP contribution in [0.3, 0.4) is 0 Å². The second-order valence-electron chi connectivity index (χ2n) is 4.86. The van der Waals surface area contributed by atoms with Gasteiger partial charge in [0.2, 0.25) is 0 Å². The monoisotopic (exact) mass is 389 g/mol. The largest absolute Gasteiger partial charge is 0.391 e. The lowest BCUT2D eigenvalue weighted by Crippen LogP contribution is -2.15. The summed E-state index contributed by atoms with van der Waals surface area (Å²) in [4.78, 5) is 0.624. The molecule has 0 saturated carbocycles. The molecule has 2 rings (SSSR count). The predicted octanol–water partition coefficient (Wildman–Crippen LogP) is 3.73. The molecule has 4 nitrogen and oxygen atoms in total. The fourth-order valence-corrected chi connectivity index (χ4v) is 5.10. The van der Waals surface area contributed by atoms with Crippen molar-refractivity contribution in [2.45, 2.75) is 32.3 Å². The zero-order valence-corrected chi connectivity index (χ0v) is 15.1. The number of anilines is 1.